The molecule has 10 heteroatoms. The second kappa shape index (κ2) is 8.05. The van der Waals surface area contributed by atoms with Crippen LogP contribution in [0.1, 0.15) is 19.3 Å². The quantitative estimate of drug-likeness (QED) is 0.555. The van der Waals surface area contributed by atoms with Gasteiger partial charge in [0.05, 0.1) is 12.1 Å². The number of likely N-dealkylation sites (tertiary alicyclic amines) is 1. The summed E-state index contributed by atoms with van der Waals surface area (Å²) < 4.78 is 77.8. The van der Waals surface area contributed by atoms with Crippen molar-refractivity contribution < 1.29 is 26.3 Å². The van der Waals surface area contributed by atoms with E-state index in [1.165, 1.54) is 6.07 Å². The van der Waals surface area contributed by atoms with Crippen LogP contribution in [0.15, 0.2) is 24.3 Å². The van der Waals surface area contributed by atoms with Crippen molar-refractivity contribution in [3.63, 3.8) is 0 Å². The second-order valence-corrected chi connectivity index (χ2v) is 8.01. The maximum Gasteiger partial charge on any atom is 0.390 e. The molecule has 1 saturated carbocycles. The number of benzene rings is 1. The molecule has 2 aromatic rings. The average molecular weight is 430 g/mol. The number of aromatic nitrogens is 2. The predicted molar refractivity (Wildman–Crippen MR) is 98.1 cm³/mol. The Morgan fingerprint density at radius 2 is 1.70 bits per heavy atom. The van der Waals surface area contributed by atoms with Gasteiger partial charge in [-0.3, -0.25) is 0 Å². The van der Waals surface area contributed by atoms with E-state index in [4.69, 9.17) is 0 Å². The highest BCUT2D eigenvalue weighted by molar-refractivity contribution is 5.60. The van der Waals surface area contributed by atoms with Gasteiger partial charge in [0.15, 0.2) is 11.6 Å². The monoisotopic (exact) mass is 430 g/mol. The Labute approximate surface area is 169 Å². The summed E-state index contributed by atoms with van der Waals surface area (Å²) in [6.07, 6.45) is -3.28. The molecule has 2 fully saturated rings. The highest BCUT2D eigenvalue weighted by atomic mass is 19.4. The third-order valence-corrected chi connectivity index (χ3v) is 5.82. The first-order chi connectivity index (χ1) is 14.2. The lowest BCUT2D eigenvalue weighted by Gasteiger charge is -2.20. The maximum atomic E-state index is 13.9. The van der Waals surface area contributed by atoms with Crippen LogP contribution in [0.3, 0.4) is 0 Å². The van der Waals surface area contributed by atoms with E-state index in [0.717, 1.165) is 18.9 Å². The smallest absolute Gasteiger partial charge is 0.366 e. The summed E-state index contributed by atoms with van der Waals surface area (Å²) in [5, 5.41) is 11.1. The van der Waals surface area contributed by atoms with E-state index in [1.807, 2.05) is 4.90 Å². The Morgan fingerprint density at radius 3 is 2.30 bits per heavy atom. The number of hydrogen-bond acceptors (Lipinski definition) is 4. The first kappa shape index (κ1) is 20.9. The molecule has 1 aliphatic heterocycles. The number of nitrogens with zero attached hydrogens (tertiary/aromatic N) is 3. The Balaban J connectivity index is 1.33. The number of halogens is 6. The maximum absolute atomic E-state index is 13.9. The summed E-state index contributed by atoms with van der Waals surface area (Å²) in [6, 6.07) is 4.44. The van der Waals surface area contributed by atoms with Crippen molar-refractivity contribution in [3.8, 4) is 11.3 Å². The Bertz CT molecular complexity index is 887. The van der Waals surface area contributed by atoms with Crippen LogP contribution >= 0.6 is 0 Å². The van der Waals surface area contributed by atoms with Gasteiger partial charge in [-0.15, -0.1) is 10.2 Å². The lowest BCUT2D eigenvalue weighted by Crippen LogP contribution is -2.29. The fourth-order valence-corrected chi connectivity index (χ4v) is 4.49. The van der Waals surface area contributed by atoms with Gasteiger partial charge in [0.1, 0.15) is 11.6 Å². The first-order valence-electron chi connectivity index (χ1n) is 9.72. The van der Waals surface area contributed by atoms with Gasteiger partial charge in [0.25, 0.3) is 0 Å². The second-order valence-electron chi connectivity index (χ2n) is 8.01. The van der Waals surface area contributed by atoms with Gasteiger partial charge in [-0.25, -0.2) is 13.2 Å². The molecule has 0 spiro atoms. The fraction of sp³-hybridized carbons (Fsp3) is 0.500. The minimum atomic E-state index is -4.13. The van der Waals surface area contributed by atoms with Gasteiger partial charge in [0.2, 0.25) is 0 Å². The van der Waals surface area contributed by atoms with Gasteiger partial charge >= 0.3 is 6.18 Å². The van der Waals surface area contributed by atoms with Crippen LogP contribution in [0.5, 0.6) is 0 Å². The van der Waals surface area contributed by atoms with Crippen molar-refractivity contribution in [1.82, 2.24) is 15.1 Å². The molecular weight excluding hydrogens is 410 g/mol. The summed E-state index contributed by atoms with van der Waals surface area (Å²) >= 11 is 0. The molecule has 1 aliphatic carbocycles. The Kier molecular flexibility index (Phi) is 5.61. The van der Waals surface area contributed by atoms with E-state index in [2.05, 4.69) is 15.5 Å². The predicted octanol–water partition coefficient (Wildman–Crippen LogP) is 4.64. The summed E-state index contributed by atoms with van der Waals surface area (Å²) in [6.45, 7) is 1.36. The van der Waals surface area contributed by atoms with E-state index in [1.54, 1.807) is 6.07 Å². The zero-order chi connectivity index (χ0) is 21.5. The van der Waals surface area contributed by atoms with Gasteiger partial charge < -0.3 is 10.2 Å². The van der Waals surface area contributed by atoms with Crippen molar-refractivity contribution in [3.05, 3.63) is 41.7 Å². The zero-order valence-electron chi connectivity index (χ0n) is 15.9. The van der Waals surface area contributed by atoms with Crippen LogP contribution < -0.4 is 5.32 Å². The third kappa shape index (κ3) is 4.69. The molecule has 4 rings (SSSR count). The largest absolute Gasteiger partial charge is 0.390 e. The summed E-state index contributed by atoms with van der Waals surface area (Å²) in [4.78, 5) is 1.88. The van der Waals surface area contributed by atoms with Gasteiger partial charge in [-0.2, -0.15) is 13.2 Å². The number of hydrogen-bond donors (Lipinski definition) is 1. The third-order valence-electron chi connectivity index (χ3n) is 5.82. The minimum Gasteiger partial charge on any atom is -0.366 e. The molecule has 0 radical (unpaired) electrons. The van der Waals surface area contributed by atoms with Crippen molar-refractivity contribution in [2.75, 3.05) is 25.0 Å². The lowest BCUT2D eigenvalue weighted by molar-refractivity contribution is -0.137. The van der Waals surface area contributed by atoms with E-state index < -0.39 is 30.0 Å². The standard InChI is InChI=1S/C20H20F6N4/c21-13-7-15(19(23)16(22)8-13)17-1-2-18(29-28-17)27-14-5-11-9-30(10-12(11)6-14)4-3-20(24,25)26/h1-2,7-8,11-12,14H,3-6,9-10H2,(H,27,29)/t11-,12+,14?. The molecule has 2 aliphatic rings. The lowest BCUT2D eigenvalue weighted by atomic mass is 10.0. The number of fused-ring (bicyclic) bond motifs is 1. The van der Waals surface area contributed by atoms with Crippen LogP contribution in [0, 0.1) is 29.3 Å². The molecule has 162 valence electrons. The number of nitrogens with one attached hydrogen (secondary N) is 1. The van der Waals surface area contributed by atoms with Gasteiger partial charge in [-0.05, 0) is 42.9 Å². The first-order valence-corrected chi connectivity index (χ1v) is 9.72. The average Bonchev–Trinajstić information content (AvgIpc) is 3.21. The van der Waals surface area contributed by atoms with Crippen molar-refractivity contribution in [2.24, 2.45) is 11.8 Å². The molecule has 30 heavy (non-hydrogen) atoms. The molecule has 1 N–H and O–H groups in total. The normalized spacial score (nSPS) is 24.3. The molecule has 0 amide bonds. The molecule has 0 bridgehead atoms. The highest BCUT2D eigenvalue weighted by Gasteiger charge is 2.41. The summed E-state index contributed by atoms with van der Waals surface area (Å²) in [7, 11) is 0. The van der Waals surface area contributed by atoms with Crippen LogP contribution in [0.25, 0.3) is 11.3 Å². The van der Waals surface area contributed by atoms with Crippen LogP contribution in [-0.4, -0.2) is 46.9 Å². The topological polar surface area (TPSA) is 41.0 Å². The molecule has 1 aromatic carbocycles. The number of alkyl halides is 3. The van der Waals surface area contributed by atoms with E-state index in [-0.39, 0.29) is 23.8 Å². The van der Waals surface area contributed by atoms with Gasteiger partial charge in [0, 0.05) is 37.3 Å². The number of anilines is 1. The van der Waals surface area contributed by atoms with Crippen molar-refractivity contribution in [1.29, 1.82) is 0 Å². The molecular formula is C20H20F6N4. The Hall–Kier alpha value is -2.36. The zero-order valence-corrected chi connectivity index (χ0v) is 15.9. The van der Waals surface area contributed by atoms with E-state index >= 15 is 0 Å². The van der Waals surface area contributed by atoms with Crippen molar-refractivity contribution in [2.45, 2.75) is 31.5 Å². The molecule has 1 aromatic heterocycles. The Morgan fingerprint density at radius 1 is 1.00 bits per heavy atom. The summed E-state index contributed by atoms with van der Waals surface area (Å²) in [5.41, 5.74) is -0.291. The molecule has 4 nitrogen and oxygen atoms in total. The highest BCUT2D eigenvalue weighted by Crippen LogP contribution is 2.39. The van der Waals surface area contributed by atoms with Crippen LogP contribution in [0.4, 0.5) is 32.2 Å². The van der Waals surface area contributed by atoms with Crippen LogP contribution in [0.2, 0.25) is 0 Å². The SMILES string of the molecule is Fc1cc(F)c(F)c(-c2ccc(NC3C[C@@H]4CN(CCC(F)(F)F)C[C@@H]4C3)nn2)c1. The van der Waals surface area contributed by atoms with Gasteiger partial charge in [-0.1, -0.05) is 0 Å². The molecule has 1 saturated heterocycles. The number of rotatable bonds is 5. The van der Waals surface area contributed by atoms with E-state index in [9.17, 15) is 26.3 Å². The van der Waals surface area contributed by atoms with Crippen molar-refractivity contribution >= 4 is 5.82 Å². The van der Waals surface area contributed by atoms with Crippen LogP contribution in [-0.2, 0) is 0 Å². The molecule has 3 atom stereocenters. The van der Waals surface area contributed by atoms with E-state index in [0.29, 0.717) is 36.8 Å². The fourth-order valence-electron chi connectivity index (χ4n) is 4.49. The molecule has 2 heterocycles. The summed E-state index contributed by atoms with van der Waals surface area (Å²) in [5.74, 6) is -2.26. The molecule has 1 unspecified atom stereocenters. The minimum absolute atomic E-state index is 0.0139.